The molecule has 1 atom stereocenters. The minimum Gasteiger partial charge on any atom is -0.378 e. The van der Waals surface area contributed by atoms with Crippen LogP contribution in [0.4, 0.5) is 5.69 Å². The first kappa shape index (κ1) is 18.6. The number of hydrogen-bond acceptors (Lipinski definition) is 5. The molecule has 6 heteroatoms. The molecule has 1 unspecified atom stereocenters. The molecule has 1 N–H and O–H groups in total. The fraction of sp³-hybridized carbons (Fsp3) is 0.435. The van der Waals surface area contributed by atoms with Crippen LogP contribution in [-0.2, 0) is 11.8 Å². The van der Waals surface area contributed by atoms with E-state index in [9.17, 15) is 0 Å². The van der Waals surface area contributed by atoms with Crippen LogP contribution in [0.2, 0.25) is 0 Å². The lowest BCUT2D eigenvalue weighted by Gasteiger charge is -2.38. The van der Waals surface area contributed by atoms with Gasteiger partial charge < -0.3 is 19.5 Å². The van der Waals surface area contributed by atoms with Gasteiger partial charge in [-0.2, -0.15) is 0 Å². The second-order valence-corrected chi connectivity index (χ2v) is 8.05. The molecule has 5 rings (SSSR count). The lowest BCUT2D eigenvalue weighted by molar-refractivity contribution is 0.0610. The average molecular weight is 392 g/mol. The fourth-order valence-electron chi connectivity index (χ4n) is 4.48. The first-order valence-corrected chi connectivity index (χ1v) is 10.6. The van der Waals surface area contributed by atoms with E-state index in [2.05, 4.69) is 69.2 Å². The Bertz CT molecular complexity index is 970. The molecular formula is C23H29N5O. The Kier molecular flexibility index (Phi) is 5.23. The number of anilines is 1. The van der Waals surface area contributed by atoms with Gasteiger partial charge in [-0.3, -0.25) is 4.90 Å². The monoisotopic (exact) mass is 391 g/mol. The number of aromatic nitrogens is 2. The first-order valence-electron chi connectivity index (χ1n) is 10.6. The molecule has 3 heterocycles. The van der Waals surface area contributed by atoms with Gasteiger partial charge >= 0.3 is 0 Å². The lowest BCUT2D eigenvalue weighted by Crippen LogP contribution is -2.53. The molecule has 0 spiro atoms. The van der Waals surface area contributed by atoms with E-state index in [4.69, 9.17) is 9.72 Å². The molecule has 2 aromatic carbocycles. The van der Waals surface area contributed by atoms with Crippen molar-refractivity contribution < 1.29 is 4.74 Å². The van der Waals surface area contributed by atoms with Crippen LogP contribution in [0.15, 0.2) is 48.5 Å². The van der Waals surface area contributed by atoms with Gasteiger partial charge in [-0.1, -0.05) is 24.3 Å². The zero-order valence-corrected chi connectivity index (χ0v) is 17.1. The summed E-state index contributed by atoms with van der Waals surface area (Å²) in [5, 5.41) is 3.56. The molecule has 2 aliphatic heterocycles. The Morgan fingerprint density at radius 2 is 1.93 bits per heavy atom. The maximum Gasteiger partial charge on any atom is 0.140 e. The highest BCUT2D eigenvalue weighted by Gasteiger charge is 2.22. The van der Waals surface area contributed by atoms with Gasteiger partial charge in [-0.05, 0) is 24.3 Å². The molecule has 0 aliphatic carbocycles. The SMILES string of the molecule is Cn1c(-c2cccc(N3CCN(CC4COCCN4)CC3)c2)nc2ccccc21. The molecule has 0 amide bonds. The zero-order valence-electron chi connectivity index (χ0n) is 17.1. The summed E-state index contributed by atoms with van der Waals surface area (Å²) < 4.78 is 7.78. The van der Waals surface area contributed by atoms with Gasteiger partial charge in [0, 0.05) is 63.6 Å². The van der Waals surface area contributed by atoms with Gasteiger partial charge in [0.25, 0.3) is 0 Å². The molecule has 152 valence electrons. The summed E-state index contributed by atoms with van der Waals surface area (Å²) in [7, 11) is 2.10. The Labute approximate surface area is 172 Å². The maximum absolute atomic E-state index is 5.59. The van der Waals surface area contributed by atoms with Crippen molar-refractivity contribution in [1.29, 1.82) is 0 Å². The van der Waals surface area contributed by atoms with Gasteiger partial charge in [0.1, 0.15) is 5.82 Å². The molecule has 6 nitrogen and oxygen atoms in total. The molecule has 0 saturated carbocycles. The standard InChI is InChI=1S/C23H29N5O/c1-26-22-8-3-2-7-21(22)25-23(26)18-5-4-6-20(15-18)28-12-10-27(11-13-28)16-19-17-29-14-9-24-19/h2-8,15,19,24H,9-14,16-17H2,1H3. The topological polar surface area (TPSA) is 45.6 Å². The van der Waals surface area contributed by atoms with Crippen molar-refractivity contribution in [2.75, 3.05) is 57.4 Å². The lowest BCUT2D eigenvalue weighted by atomic mass is 10.1. The van der Waals surface area contributed by atoms with Crippen LogP contribution in [0.3, 0.4) is 0 Å². The quantitative estimate of drug-likeness (QED) is 0.740. The average Bonchev–Trinajstić information content (AvgIpc) is 3.12. The van der Waals surface area contributed by atoms with Gasteiger partial charge in [0.2, 0.25) is 0 Å². The highest BCUT2D eigenvalue weighted by Crippen LogP contribution is 2.27. The van der Waals surface area contributed by atoms with E-state index in [-0.39, 0.29) is 0 Å². The van der Waals surface area contributed by atoms with Gasteiger partial charge in [-0.15, -0.1) is 0 Å². The molecule has 2 fully saturated rings. The number of rotatable bonds is 4. The summed E-state index contributed by atoms with van der Waals surface area (Å²) in [4.78, 5) is 9.91. The number of aryl methyl sites for hydroxylation is 1. The van der Waals surface area contributed by atoms with E-state index in [1.54, 1.807) is 0 Å². The normalized spacial score (nSPS) is 21.0. The minimum atomic E-state index is 0.469. The fourth-order valence-corrected chi connectivity index (χ4v) is 4.48. The summed E-state index contributed by atoms with van der Waals surface area (Å²) >= 11 is 0. The van der Waals surface area contributed by atoms with Crippen LogP contribution in [0.5, 0.6) is 0 Å². The molecular weight excluding hydrogens is 362 g/mol. The Morgan fingerprint density at radius 1 is 1.07 bits per heavy atom. The molecule has 3 aromatic rings. The number of benzene rings is 2. The van der Waals surface area contributed by atoms with Crippen molar-refractivity contribution in [3.05, 3.63) is 48.5 Å². The predicted molar refractivity (Wildman–Crippen MR) is 117 cm³/mol. The van der Waals surface area contributed by atoms with Crippen LogP contribution in [0.25, 0.3) is 22.4 Å². The Hall–Kier alpha value is -2.41. The van der Waals surface area contributed by atoms with E-state index >= 15 is 0 Å². The van der Waals surface area contributed by atoms with Crippen LogP contribution in [0.1, 0.15) is 0 Å². The summed E-state index contributed by atoms with van der Waals surface area (Å²) in [6.07, 6.45) is 0. The van der Waals surface area contributed by atoms with E-state index in [0.717, 1.165) is 63.8 Å². The number of ether oxygens (including phenoxy) is 1. The summed E-state index contributed by atoms with van der Waals surface area (Å²) in [6.45, 7) is 8.02. The van der Waals surface area contributed by atoms with Crippen molar-refractivity contribution in [3.8, 4) is 11.4 Å². The molecule has 0 bridgehead atoms. The number of para-hydroxylation sites is 2. The highest BCUT2D eigenvalue weighted by molar-refractivity contribution is 5.81. The van der Waals surface area contributed by atoms with Crippen molar-refractivity contribution >= 4 is 16.7 Å². The number of hydrogen-bond donors (Lipinski definition) is 1. The van der Waals surface area contributed by atoms with Crippen molar-refractivity contribution in [2.24, 2.45) is 7.05 Å². The van der Waals surface area contributed by atoms with E-state index in [1.807, 2.05) is 6.07 Å². The summed E-state index contributed by atoms with van der Waals surface area (Å²) in [6, 6.07) is 17.6. The van der Waals surface area contributed by atoms with Crippen LogP contribution < -0.4 is 10.2 Å². The van der Waals surface area contributed by atoms with Crippen LogP contribution >= 0.6 is 0 Å². The Balaban J connectivity index is 1.28. The second-order valence-electron chi connectivity index (χ2n) is 8.05. The van der Waals surface area contributed by atoms with Gasteiger partial charge in [0.05, 0.1) is 24.2 Å². The number of nitrogens with one attached hydrogen (secondary N) is 1. The van der Waals surface area contributed by atoms with Crippen molar-refractivity contribution in [1.82, 2.24) is 19.8 Å². The summed E-state index contributed by atoms with van der Waals surface area (Å²) in [5.74, 6) is 1.02. The second kappa shape index (κ2) is 8.14. The maximum atomic E-state index is 5.59. The van der Waals surface area contributed by atoms with Crippen LogP contribution in [-0.4, -0.2) is 73.0 Å². The van der Waals surface area contributed by atoms with Gasteiger partial charge in [0.15, 0.2) is 0 Å². The smallest absolute Gasteiger partial charge is 0.140 e. The molecule has 29 heavy (non-hydrogen) atoms. The molecule has 2 aliphatic rings. The van der Waals surface area contributed by atoms with E-state index in [1.165, 1.54) is 16.8 Å². The first-order chi connectivity index (χ1) is 14.3. The number of imidazole rings is 1. The zero-order chi connectivity index (χ0) is 19.6. The third-order valence-electron chi connectivity index (χ3n) is 6.11. The number of morpholine rings is 1. The highest BCUT2D eigenvalue weighted by atomic mass is 16.5. The summed E-state index contributed by atoms with van der Waals surface area (Å²) in [5.41, 5.74) is 4.67. The Morgan fingerprint density at radius 3 is 2.72 bits per heavy atom. The minimum absolute atomic E-state index is 0.469. The van der Waals surface area contributed by atoms with E-state index in [0.29, 0.717) is 6.04 Å². The van der Waals surface area contributed by atoms with Crippen LogP contribution in [0, 0.1) is 0 Å². The predicted octanol–water partition coefficient (Wildman–Crippen LogP) is 2.35. The third-order valence-corrected chi connectivity index (χ3v) is 6.11. The van der Waals surface area contributed by atoms with Gasteiger partial charge in [-0.25, -0.2) is 4.98 Å². The van der Waals surface area contributed by atoms with Crippen molar-refractivity contribution in [2.45, 2.75) is 6.04 Å². The molecule has 0 radical (unpaired) electrons. The van der Waals surface area contributed by atoms with E-state index < -0.39 is 0 Å². The third kappa shape index (κ3) is 3.88. The molecule has 1 aromatic heterocycles. The number of piperazine rings is 1. The largest absolute Gasteiger partial charge is 0.378 e. The number of nitrogens with zero attached hydrogens (tertiary/aromatic N) is 4. The van der Waals surface area contributed by atoms with Crippen molar-refractivity contribution in [3.63, 3.8) is 0 Å². The number of fused-ring (bicyclic) bond motifs is 1. The molecule has 2 saturated heterocycles.